The summed E-state index contributed by atoms with van der Waals surface area (Å²) >= 11 is 0. The van der Waals surface area contributed by atoms with Crippen LogP contribution in [0.1, 0.15) is 11.7 Å². The van der Waals surface area contributed by atoms with E-state index in [4.69, 9.17) is 4.74 Å². The molecule has 21 heavy (non-hydrogen) atoms. The van der Waals surface area contributed by atoms with Crippen molar-refractivity contribution >= 4 is 17.3 Å². The van der Waals surface area contributed by atoms with E-state index < -0.39 is 11.0 Å². The lowest BCUT2D eigenvalue weighted by molar-refractivity contribution is -0.384. The van der Waals surface area contributed by atoms with Crippen molar-refractivity contribution in [1.82, 2.24) is 0 Å². The van der Waals surface area contributed by atoms with E-state index in [-0.39, 0.29) is 11.6 Å². The second-order valence-electron chi connectivity index (χ2n) is 4.32. The first-order valence-corrected chi connectivity index (χ1v) is 6.25. The number of hydrogen-bond acceptors (Lipinski definition) is 4. The monoisotopic (exact) mass is 286 g/mol. The van der Waals surface area contributed by atoms with Crippen LogP contribution in [0.4, 0.5) is 11.4 Å². The SMILES string of the molecule is CO[C@H](C(=O)Nc1cccc([N+](=O)[O-])c1)c1ccccc1. The number of hydrogen-bond donors (Lipinski definition) is 1. The van der Waals surface area contributed by atoms with Crippen molar-refractivity contribution in [2.45, 2.75) is 6.10 Å². The molecule has 0 aliphatic heterocycles. The van der Waals surface area contributed by atoms with Crippen LogP contribution >= 0.6 is 0 Å². The van der Waals surface area contributed by atoms with Gasteiger partial charge in [-0.05, 0) is 11.6 Å². The normalized spacial score (nSPS) is 11.7. The van der Waals surface area contributed by atoms with Gasteiger partial charge in [-0.2, -0.15) is 0 Å². The molecule has 0 aliphatic rings. The van der Waals surface area contributed by atoms with Gasteiger partial charge in [0.15, 0.2) is 6.10 Å². The maximum atomic E-state index is 12.2. The Bertz CT molecular complexity index is 643. The Hall–Kier alpha value is -2.73. The van der Waals surface area contributed by atoms with Gasteiger partial charge in [0.25, 0.3) is 11.6 Å². The fraction of sp³-hybridized carbons (Fsp3) is 0.133. The minimum atomic E-state index is -0.773. The summed E-state index contributed by atoms with van der Waals surface area (Å²) in [5.41, 5.74) is 0.983. The second kappa shape index (κ2) is 6.62. The number of nitrogens with zero attached hydrogens (tertiary/aromatic N) is 1. The third kappa shape index (κ3) is 3.64. The van der Waals surface area contributed by atoms with Crippen molar-refractivity contribution in [3.05, 3.63) is 70.3 Å². The number of carbonyl (C=O) groups is 1. The summed E-state index contributed by atoms with van der Waals surface area (Å²) in [6.07, 6.45) is -0.773. The van der Waals surface area contributed by atoms with Crippen LogP contribution in [0.3, 0.4) is 0 Å². The van der Waals surface area contributed by atoms with Crippen LogP contribution in [0, 0.1) is 10.1 Å². The van der Waals surface area contributed by atoms with Gasteiger partial charge in [0, 0.05) is 24.9 Å². The van der Waals surface area contributed by atoms with E-state index in [0.717, 1.165) is 0 Å². The quantitative estimate of drug-likeness (QED) is 0.676. The number of methoxy groups -OCH3 is 1. The average molecular weight is 286 g/mol. The number of carbonyl (C=O) groups excluding carboxylic acids is 1. The molecule has 0 fully saturated rings. The number of nitrogens with one attached hydrogen (secondary N) is 1. The summed E-state index contributed by atoms with van der Waals surface area (Å²) < 4.78 is 5.20. The third-order valence-corrected chi connectivity index (χ3v) is 2.90. The van der Waals surface area contributed by atoms with Gasteiger partial charge >= 0.3 is 0 Å². The maximum Gasteiger partial charge on any atom is 0.271 e. The number of non-ortho nitro benzene ring substituents is 1. The van der Waals surface area contributed by atoms with Gasteiger partial charge in [-0.25, -0.2) is 0 Å². The number of rotatable bonds is 5. The molecule has 0 heterocycles. The lowest BCUT2D eigenvalue weighted by Crippen LogP contribution is -2.22. The number of ether oxygens (including phenoxy) is 1. The molecule has 0 saturated carbocycles. The van der Waals surface area contributed by atoms with E-state index in [1.807, 2.05) is 18.2 Å². The summed E-state index contributed by atoms with van der Waals surface area (Å²) in [5.74, 6) is -0.385. The van der Waals surface area contributed by atoms with E-state index in [9.17, 15) is 14.9 Å². The molecule has 0 radical (unpaired) electrons. The number of nitro groups is 1. The predicted octanol–water partition coefficient (Wildman–Crippen LogP) is 2.92. The van der Waals surface area contributed by atoms with Crippen molar-refractivity contribution in [3.63, 3.8) is 0 Å². The van der Waals surface area contributed by atoms with Crippen LogP contribution in [-0.4, -0.2) is 17.9 Å². The first-order chi connectivity index (χ1) is 10.1. The molecule has 108 valence electrons. The summed E-state index contributed by atoms with van der Waals surface area (Å²) in [5, 5.41) is 13.3. The smallest absolute Gasteiger partial charge is 0.271 e. The molecule has 0 unspecified atom stereocenters. The van der Waals surface area contributed by atoms with Gasteiger partial charge in [-0.1, -0.05) is 36.4 Å². The lowest BCUT2D eigenvalue weighted by atomic mass is 10.1. The summed E-state index contributed by atoms with van der Waals surface area (Å²) in [6.45, 7) is 0. The zero-order chi connectivity index (χ0) is 15.2. The molecule has 2 aromatic rings. The van der Waals surface area contributed by atoms with E-state index in [1.54, 1.807) is 18.2 Å². The Labute approximate surface area is 121 Å². The highest BCUT2D eigenvalue weighted by molar-refractivity contribution is 5.95. The zero-order valence-electron chi connectivity index (χ0n) is 11.4. The van der Waals surface area contributed by atoms with E-state index >= 15 is 0 Å². The van der Waals surface area contributed by atoms with Gasteiger partial charge in [-0.15, -0.1) is 0 Å². The second-order valence-corrected chi connectivity index (χ2v) is 4.32. The molecule has 6 heteroatoms. The highest BCUT2D eigenvalue weighted by Crippen LogP contribution is 2.21. The molecule has 1 N–H and O–H groups in total. The lowest BCUT2D eigenvalue weighted by Gasteiger charge is -2.15. The molecule has 0 aliphatic carbocycles. The Morgan fingerprint density at radius 2 is 1.90 bits per heavy atom. The Morgan fingerprint density at radius 3 is 2.52 bits per heavy atom. The molecule has 0 spiro atoms. The average Bonchev–Trinajstić information content (AvgIpc) is 2.49. The first-order valence-electron chi connectivity index (χ1n) is 6.25. The van der Waals surface area contributed by atoms with Crippen LogP contribution in [0.15, 0.2) is 54.6 Å². The topological polar surface area (TPSA) is 81.5 Å². The van der Waals surface area contributed by atoms with Gasteiger partial charge in [-0.3, -0.25) is 14.9 Å². The third-order valence-electron chi connectivity index (χ3n) is 2.90. The van der Waals surface area contributed by atoms with Crippen molar-refractivity contribution in [1.29, 1.82) is 0 Å². The fourth-order valence-corrected chi connectivity index (χ4v) is 1.93. The number of amides is 1. The molecule has 2 rings (SSSR count). The Balaban J connectivity index is 2.16. The molecule has 2 aromatic carbocycles. The van der Waals surface area contributed by atoms with Crippen LogP contribution in [0.2, 0.25) is 0 Å². The van der Waals surface area contributed by atoms with Crippen LogP contribution in [0.5, 0.6) is 0 Å². The summed E-state index contributed by atoms with van der Waals surface area (Å²) in [4.78, 5) is 22.4. The minimum Gasteiger partial charge on any atom is -0.367 e. The first kappa shape index (κ1) is 14.7. The maximum absolute atomic E-state index is 12.2. The van der Waals surface area contributed by atoms with Crippen molar-refractivity contribution in [2.24, 2.45) is 0 Å². The summed E-state index contributed by atoms with van der Waals surface area (Å²) in [7, 11) is 1.44. The molecule has 1 amide bonds. The van der Waals surface area contributed by atoms with Gasteiger partial charge in [0.05, 0.1) is 4.92 Å². The molecule has 1 atom stereocenters. The van der Waals surface area contributed by atoms with Crippen LogP contribution in [0.25, 0.3) is 0 Å². The van der Waals surface area contributed by atoms with Crippen LogP contribution < -0.4 is 5.32 Å². The molecular formula is C15H14N2O4. The number of benzene rings is 2. The van der Waals surface area contributed by atoms with E-state index in [2.05, 4.69) is 5.32 Å². The van der Waals surface area contributed by atoms with Crippen molar-refractivity contribution in [2.75, 3.05) is 12.4 Å². The molecule has 6 nitrogen and oxygen atoms in total. The standard InChI is InChI=1S/C15H14N2O4/c1-21-14(11-6-3-2-4-7-11)15(18)16-12-8-5-9-13(10-12)17(19)20/h2-10,14H,1H3,(H,16,18)/t14-/m0/s1. The molecule has 0 saturated heterocycles. The van der Waals surface area contributed by atoms with Gasteiger partial charge in [0.2, 0.25) is 0 Å². The molecular weight excluding hydrogens is 272 g/mol. The van der Waals surface area contributed by atoms with E-state index in [1.165, 1.54) is 25.3 Å². The largest absolute Gasteiger partial charge is 0.367 e. The minimum absolute atomic E-state index is 0.0820. The number of nitro benzene ring substituents is 1. The molecule has 0 bridgehead atoms. The summed E-state index contributed by atoms with van der Waals surface area (Å²) in [6, 6.07) is 14.8. The fourth-order valence-electron chi connectivity index (χ4n) is 1.93. The highest BCUT2D eigenvalue weighted by Gasteiger charge is 2.20. The number of anilines is 1. The molecule has 0 aromatic heterocycles. The highest BCUT2D eigenvalue weighted by atomic mass is 16.6. The van der Waals surface area contributed by atoms with Gasteiger partial charge < -0.3 is 10.1 Å². The van der Waals surface area contributed by atoms with Crippen molar-refractivity contribution < 1.29 is 14.5 Å². The van der Waals surface area contributed by atoms with Crippen molar-refractivity contribution in [3.8, 4) is 0 Å². The predicted molar refractivity (Wildman–Crippen MR) is 77.9 cm³/mol. The van der Waals surface area contributed by atoms with Gasteiger partial charge in [0.1, 0.15) is 0 Å². The van der Waals surface area contributed by atoms with Crippen LogP contribution in [-0.2, 0) is 9.53 Å². The Kier molecular flexibility index (Phi) is 4.63. The zero-order valence-corrected chi connectivity index (χ0v) is 11.4. The van der Waals surface area contributed by atoms with E-state index in [0.29, 0.717) is 11.3 Å². The Morgan fingerprint density at radius 1 is 1.19 bits per heavy atom.